The second-order valence-electron chi connectivity index (χ2n) is 5.04. The number of methoxy groups -OCH3 is 1. The molecule has 1 aliphatic heterocycles. The number of rotatable bonds is 4. The average Bonchev–Trinajstić information content (AvgIpc) is 2.74. The number of nitrogens with one attached hydrogen (secondary N) is 1. The molecule has 1 N–H and O–H groups in total. The Labute approximate surface area is 114 Å². The normalized spacial score (nSPS) is 24.6. The summed E-state index contributed by atoms with van der Waals surface area (Å²) >= 11 is 0. The zero-order chi connectivity index (χ0) is 14.0. The van der Waals surface area contributed by atoms with Gasteiger partial charge in [-0.3, -0.25) is 10.1 Å². The molecule has 1 aromatic rings. The van der Waals surface area contributed by atoms with E-state index in [-0.39, 0.29) is 24.2 Å². The van der Waals surface area contributed by atoms with Crippen LogP contribution < -0.4 is 10.1 Å². The predicted octanol–water partition coefficient (Wildman–Crippen LogP) is 2.31. The van der Waals surface area contributed by atoms with Crippen molar-refractivity contribution < 1.29 is 9.53 Å². The number of carbonyl (C=O) groups is 1. The summed E-state index contributed by atoms with van der Waals surface area (Å²) in [7, 11) is 1.66. The summed E-state index contributed by atoms with van der Waals surface area (Å²) in [5.74, 6) is 0.973. The quantitative estimate of drug-likeness (QED) is 0.905. The third-order valence-electron chi connectivity index (χ3n) is 3.81. The highest BCUT2D eigenvalue weighted by molar-refractivity contribution is 5.84. The van der Waals surface area contributed by atoms with Gasteiger partial charge in [0.2, 0.25) is 5.91 Å². The Morgan fingerprint density at radius 2 is 2.11 bits per heavy atom. The van der Waals surface area contributed by atoms with Crippen molar-refractivity contribution in [3.8, 4) is 5.75 Å². The Morgan fingerprint density at radius 3 is 2.74 bits per heavy atom. The number of nitrogens with zero attached hydrogens (tertiary/aromatic N) is 1. The fraction of sp³-hybridized carbons (Fsp3) is 0.533. The van der Waals surface area contributed by atoms with Crippen molar-refractivity contribution in [1.29, 1.82) is 0 Å². The highest BCUT2D eigenvalue weighted by Crippen LogP contribution is 2.33. The number of benzene rings is 1. The van der Waals surface area contributed by atoms with Crippen molar-refractivity contribution in [2.24, 2.45) is 0 Å². The van der Waals surface area contributed by atoms with Gasteiger partial charge in [0.15, 0.2) is 0 Å². The standard InChI is InChI=1S/C15H22N2O2/c1-5-10(2)17-14(16-11(3)15(17)18)12-8-6-7-9-13(12)19-4/h6-11,14,16H,5H2,1-4H3. The molecule has 1 fully saturated rings. The minimum Gasteiger partial charge on any atom is -0.496 e. The first-order chi connectivity index (χ1) is 9.10. The van der Waals surface area contributed by atoms with Crippen LogP contribution in [-0.4, -0.2) is 30.0 Å². The summed E-state index contributed by atoms with van der Waals surface area (Å²) < 4.78 is 5.41. The van der Waals surface area contributed by atoms with E-state index in [1.165, 1.54) is 0 Å². The molecule has 1 heterocycles. The Kier molecular flexibility index (Phi) is 4.10. The number of hydrogen-bond acceptors (Lipinski definition) is 3. The largest absolute Gasteiger partial charge is 0.496 e. The zero-order valence-electron chi connectivity index (χ0n) is 12.0. The molecule has 104 valence electrons. The highest BCUT2D eigenvalue weighted by atomic mass is 16.5. The fourth-order valence-electron chi connectivity index (χ4n) is 2.54. The summed E-state index contributed by atoms with van der Waals surface area (Å²) in [5.41, 5.74) is 1.02. The SMILES string of the molecule is CCC(C)N1C(=O)C(C)NC1c1ccccc1OC. The molecular formula is C15H22N2O2. The molecule has 4 nitrogen and oxygen atoms in total. The second kappa shape index (κ2) is 5.61. The van der Waals surface area contributed by atoms with Gasteiger partial charge < -0.3 is 9.64 Å². The predicted molar refractivity (Wildman–Crippen MR) is 74.9 cm³/mol. The van der Waals surface area contributed by atoms with Gasteiger partial charge in [0, 0.05) is 11.6 Å². The number of ether oxygens (including phenoxy) is 1. The lowest BCUT2D eigenvalue weighted by Gasteiger charge is -2.30. The first-order valence-electron chi connectivity index (χ1n) is 6.81. The Balaban J connectivity index is 2.39. The number of amides is 1. The van der Waals surface area contributed by atoms with Crippen LogP contribution >= 0.6 is 0 Å². The van der Waals surface area contributed by atoms with Crippen LogP contribution in [0.1, 0.15) is 38.9 Å². The molecule has 0 bridgehead atoms. The monoisotopic (exact) mass is 262 g/mol. The molecule has 0 radical (unpaired) electrons. The van der Waals surface area contributed by atoms with Crippen molar-refractivity contribution >= 4 is 5.91 Å². The minimum absolute atomic E-state index is 0.103. The van der Waals surface area contributed by atoms with E-state index in [0.717, 1.165) is 17.7 Å². The van der Waals surface area contributed by atoms with Crippen LogP contribution in [0.4, 0.5) is 0 Å². The molecular weight excluding hydrogens is 240 g/mol. The zero-order valence-corrected chi connectivity index (χ0v) is 12.0. The molecule has 0 spiro atoms. The summed E-state index contributed by atoms with van der Waals surface area (Å²) in [6.07, 6.45) is 0.833. The van der Waals surface area contributed by atoms with Gasteiger partial charge in [0.25, 0.3) is 0 Å². The topological polar surface area (TPSA) is 41.6 Å². The summed E-state index contributed by atoms with van der Waals surface area (Å²) in [5, 5.41) is 3.36. The Morgan fingerprint density at radius 1 is 1.42 bits per heavy atom. The lowest BCUT2D eigenvalue weighted by Crippen LogP contribution is -2.38. The van der Waals surface area contributed by atoms with Crippen LogP contribution in [0, 0.1) is 0 Å². The third kappa shape index (κ3) is 2.45. The van der Waals surface area contributed by atoms with Crippen LogP contribution in [0.15, 0.2) is 24.3 Å². The fourth-order valence-corrected chi connectivity index (χ4v) is 2.54. The molecule has 1 amide bonds. The van der Waals surface area contributed by atoms with E-state index < -0.39 is 0 Å². The highest BCUT2D eigenvalue weighted by Gasteiger charge is 2.40. The van der Waals surface area contributed by atoms with Crippen molar-refractivity contribution in [2.75, 3.05) is 7.11 Å². The molecule has 19 heavy (non-hydrogen) atoms. The molecule has 3 atom stereocenters. The second-order valence-corrected chi connectivity index (χ2v) is 5.04. The van der Waals surface area contributed by atoms with Gasteiger partial charge in [-0.25, -0.2) is 0 Å². The van der Waals surface area contributed by atoms with Gasteiger partial charge in [-0.05, 0) is 26.3 Å². The van der Waals surface area contributed by atoms with E-state index >= 15 is 0 Å². The van der Waals surface area contributed by atoms with Crippen molar-refractivity contribution in [3.05, 3.63) is 29.8 Å². The van der Waals surface area contributed by atoms with E-state index in [4.69, 9.17) is 4.74 Å². The van der Waals surface area contributed by atoms with Crippen molar-refractivity contribution in [1.82, 2.24) is 10.2 Å². The van der Waals surface area contributed by atoms with Crippen molar-refractivity contribution in [2.45, 2.75) is 45.4 Å². The van der Waals surface area contributed by atoms with Crippen LogP contribution in [0.25, 0.3) is 0 Å². The van der Waals surface area contributed by atoms with Crippen molar-refractivity contribution in [3.63, 3.8) is 0 Å². The van der Waals surface area contributed by atoms with Crippen LogP contribution in [-0.2, 0) is 4.79 Å². The summed E-state index contributed by atoms with van der Waals surface area (Å²) in [6.45, 7) is 6.09. The number of para-hydroxylation sites is 1. The smallest absolute Gasteiger partial charge is 0.241 e. The van der Waals surface area contributed by atoms with E-state index in [1.54, 1.807) is 7.11 Å². The molecule has 1 saturated heterocycles. The van der Waals surface area contributed by atoms with Gasteiger partial charge >= 0.3 is 0 Å². The maximum Gasteiger partial charge on any atom is 0.241 e. The van der Waals surface area contributed by atoms with E-state index in [1.807, 2.05) is 36.1 Å². The maximum atomic E-state index is 12.3. The molecule has 4 heteroatoms. The van der Waals surface area contributed by atoms with Crippen LogP contribution in [0.3, 0.4) is 0 Å². The summed E-state index contributed by atoms with van der Waals surface area (Å²) in [6, 6.07) is 7.91. The molecule has 2 rings (SSSR count). The average molecular weight is 262 g/mol. The van der Waals surface area contributed by atoms with E-state index in [0.29, 0.717) is 0 Å². The first kappa shape index (κ1) is 13.9. The molecule has 1 aromatic carbocycles. The van der Waals surface area contributed by atoms with Crippen LogP contribution in [0.5, 0.6) is 5.75 Å². The minimum atomic E-state index is -0.149. The molecule has 0 aliphatic carbocycles. The first-order valence-corrected chi connectivity index (χ1v) is 6.81. The Bertz CT molecular complexity index is 461. The molecule has 0 saturated carbocycles. The number of carbonyl (C=O) groups excluding carboxylic acids is 1. The van der Waals surface area contributed by atoms with Crippen LogP contribution in [0.2, 0.25) is 0 Å². The lowest BCUT2D eigenvalue weighted by molar-refractivity contribution is -0.131. The van der Waals surface area contributed by atoms with Gasteiger partial charge in [0.1, 0.15) is 11.9 Å². The molecule has 1 aliphatic rings. The van der Waals surface area contributed by atoms with E-state index in [2.05, 4.69) is 19.2 Å². The third-order valence-corrected chi connectivity index (χ3v) is 3.81. The lowest BCUT2D eigenvalue weighted by atomic mass is 10.1. The maximum absolute atomic E-state index is 12.3. The van der Waals surface area contributed by atoms with Gasteiger partial charge in [-0.15, -0.1) is 0 Å². The van der Waals surface area contributed by atoms with E-state index in [9.17, 15) is 4.79 Å². The summed E-state index contributed by atoms with van der Waals surface area (Å²) in [4.78, 5) is 14.2. The van der Waals surface area contributed by atoms with Gasteiger partial charge in [-0.1, -0.05) is 25.1 Å². The molecule has 3 unspecified atom stereocenters. The number of hydrogen-bond donors (Lipinski definition) is 1. The van der Waals surface area contributed by atoms with Gasteiger partial charge in [0.05, 0.1) is 13.2 Å². The van der Waals surface area contributed by atoms with Gasteiger partial charge in [-0.2, -0.15) is 0 Å². The molecule has 0 aromatic heterocycles. The Hall–Kier alpha value is -1.55.